The first-order valence-corrected chi connectivity index (χ1v) is 12.8. The Morgan fingerprint density at radius 2 is 1.81 bits per heavy atom. The normalized spacial score (nSPS) is 13.4. The number of thiophene rings is 1. The van der Waals surface area contributed by atoms with Crippen LogP contribution in [0.3, 0.4) is 0 Å². The fraction of sp³-hybridized carbons (Fsp3) is 0.333. The topological polar surface area (TPSA) is 70.7 Å². The van der Waals surface area contributed by atoms with Crippen molar-refractivity contribution < 1.29 is 18.7 Å². The first kappa shape index (κ1) is 27.6. The molecular weight excluding hydrogens is 501 g/mol. The van der Waals surface area contributed by atoms with E-state index in [9.17, 15) is 14.0 Å². The summed E-state index contributed by atoms with van der Waals surface area (Å²) in [5.41, 5.74) is 2.60. The molecule has 0 atom stereocenters. The maximum Gasteiger partial charge on any atom is 0.293 e. The highest BCUT2D eigenvalue weighted by molar-refractivity contribution is 7.17. The van der Waals surface area contributed by atoms with Gasteiger partial charge in [0.15, 0.2) is 0 Å². The van der Waals surface area contributed by atoms with Crippen LogP contribution < -0.4 is 15.5 Å². The molecule has 1 aromatic heterocycles. The van der Waals surface area contributed by atoms with Crippen molar-refractivity contribution >= 4 is 46.7 Å². The molecule has 1 fully saturated rings. The van der Waals surface area contributed by atoms with Crippen molar-refractivity contribution in [2.24, 2.45) is 0 Å². The third-order valence-corrected chi connectivity index (χ3v) is 6.85. The van der Waals surface area contributed by atoms with Gasteiger partial charge in [-0.3, -0.25) is 9.59 Å². The lowest BCUT2D eigenvalue weighted by atomic mass is 10.1. The summed E-state index contributed by atoms with van der Waals surface area (Å²) in [5.74, 6) is -0.559. The lowest BCUT2D eigenvalue weighted by molar-refractivity contribution is -0.138. The highest BCUT2D eigenvalue weighted by Gasteiger charge is 2.18. The zero-order chi connectivity index (χ0) is 26.3. The van der Waals surface area contributed by atoms with Crippen LogP contribution in [0.15, 0.2) is 48.5 Å². The van der Waals surface area contributed by atoms with E-state index in [4.69, 9.17) is 11.6 Å². The van der Waals surface area contributed by atoms with Crippen molar-refractivity contribution in [1.82, 2.24) is 5.32 Å². The standard InChI is InChI=1S/C22H21ClFN3OS.C5H10O2/c1-14-12-20(15-2-4-16(23)5-3-15)29-21(14)22(28)26-17-6-7-19(18(24)13-17)27-10-8-25-9-11-27;1-5(2,3)7-4-6/h2-7,12-13,25H,8-11H2,1H3,(H,26,28);4H,1-3H3. The van der Waals surface area contributed by atoms with E-state index in [2.05, 4.69) is 15.4 Å². The van der Waals surface area contributed by atoms with Crippen LogP contribution in [-0.2, 0) is 9.53 Å². The number of carbonyl (C=O) groups excluding carboxylic acids is 2. The third kappa shape index (κ3) is 7.78. The first-order chi connectivity index (χ1) is 17.1. The van der Waals surface area contributed by atoms with E-state index in [-0.39, 0.29) is 17.3 Å². The highest BCUT2D eigenvalue weighted by atomic mass is 35.5. The van der Waals surface area contributed by atoms with Crippen LogP contribution in [0.5, 0.6) is 0 Å². The molecule has 2 heterocycles. The van der Waals surface area contributed by atoms with Gasteiger partial charge in [-0.25, -0.2) is 4.39 Å². The SMILES string of the molecule is CC(C)(C)OC=O.Cc1cc(-c2ccc(Cl)cc2)sc1C(=O)Nc1ccc(N2CCNCC2)c(F)c1. The maximum atomic E-state index is 14.6. The lowest BCUT2D eigenvalue weighted by Gasteiger charge is -2.29. The van der Waals surface area contributed by atoms with E-state index in [1.165, 1.54) is 17.4 Å². The van der Waals surface area contributed by atoms with Crippen LogP contribution in [0.4, 0.5) is 15.8 Å². The van der Waals surface area contributed by atoms with E-state index in [1.807, 2.05) is 62.9 Å². The molecule has 1 saturated heterocycles. The Kier molecular flexibility index (Phi) is 9.48. The van der Waals surface area contributed by atoms with Gasteiger partial charge in [0.05, 0.1) is 10.6 Å². The Morgan fingerprint density at radius 1 is 1.14 bits per heavy atom. The van der Waals surface area contributed by atoms with Crippen LogP contribution in [0.2, 0.25) is 5.02 Å². The molecule has 192 valence electrons. The molecule has 0 radical (unpaired) electrons. The van der Waals surface area contributed by atoms with Crippen molar-refractivity contribution in [3.05, 3.63) is 69.8 Å². The predicted octanol–water partition coefficient (Wildman–Crippen LogP) is 6.14. The summed E-state index contributed by atoms with van der Waals surface area (Å²) < 4.78 is 19.2. The van der Waals surface area contributed by atoms with Gasteiger partial charge in [0, 0.05) is 41.8 Å². The summed E-state index contributed by atoms with van der Waals surface area (Å²) >= 11 is 7.36. The molecule has 2 N–H and O–H groups in total. The number of amides is 1. The second-order valence-corrected chi connectivity index (χ2v) is 10.8. The number of anilines is 2. The van der Waals surface area contributed by atoms with E-state index in [0.29, 0.717) is 27.7 Å². The molecule has 6 nitrogen and oxygen atoms in total. The molecule has 1 amide bonds. The summed E-state index contributed by atoms with van der Waals surface area (Å²) in [7, 11) is 0. The van der Waals surface area contributed by atoms with Crippen LogP contribution in [-0.4, -0.2) is 44.2 Å². The fourth-order valence-corrected chi connectivity index (χ4v) is 4.74. The van der Waals surface area contributed by atoms with Gasteiger partial charge in [-0.05, 0) is 75.2 Å². The summed E-state index contributed by atoms with van der Waals surface area (Å²) in [6.45, 7) is 11.0. The molecule has 0 unspecified atom stereocenters. The number of piperazine rings is 1. The highest BCUT2D eigenvalue weighted by Crippen LogP contribution is 2.33. The van der Waals surface area contributed by atoms with Crippen molar-refractivity contribution in [2.45, 2.75) is 33.3 Å². The molecule has 2 aromatic carbocycles. The van der Waals surface area contributed by atoms with Gasteiger partial charge in [-0.2, -0.15) is 0 Å². The van der Waals surface area contributed by atoms with Gasteiger partial charge in [-0.1, -0.05) is 23.7 Å². The number of benzene rings is 2. The second-order valence-electron chi connectivity index (χ2n) is 9.31. The summed E-state index contributed by atoms with van der Waals surface area (Å²) in [4.78, 5) is 26.0. The quantitative estimate of drug-likeness (QED) is 0.387. The molecule has 0 spiro atoms. The summed E-state index contributed by atoms with van der Waals surface area (Å²) in [5, 5.41) is 6.75. The van der Waals surface area contributed by atoms with Crippen molar-refractivity contribution in [3.8, 4) is 10.4 Å². The van der Waals surface area contributed by atoms with Crippen molar-refractivity contribution in [1.29, 1.82) is 0 Å². The van der Waals surface area contributed by atoms with Crippen LogP contribution in [0.1, 0.15) is 36.0 Å². The van der Waals surface area contributed by atoms with Gasteiger partial charge in [0.1, 0.15) is 11.4 Å². The van der Waals surface area contributed by atoms with Crippen molar-refractivity contribution in [3.63, 3.8) is 0 Å². The molecule has 0 bridgehead atoms. The van der Waals surface area contributed by atoms with E-state index >= 15 is 0 Å². The molecule has 1 aliphatic heterocycles. The Hall–Kier alpha value is -2.94. The maximum absolute atomic E-state index is 14.6. The number of nitrogens with one attached hydrogen (secondary N) is 2. The van der Waals surface area contributed by atoms with Gasteiger partial charge in [0.25, 0.3) is 12.4 Å². The predicted molar refractivity (Wildman–Crippen MR) is 146 cm³/mol. The Morgan fingerprint density at radius 3 is 2.36 bits per heavy atom. The van der Waals surface area contributed by atoms with E-state index in [1.54, 1.807) is 12.1 Å². The van der Waals surface area contributed by atoms with Crippen LogP contribution >= 0.6 is 22.9 Å². The number of carbonyl (C=O) groups is 2. The zero-order valence-corrected chi connectivity index (χ0v) is 22.4. The third-order valence-electron chi connectivity index (χ3n) is 5.32. The molecule has 3 aromatic rings. The number of halogens is 2. The number of nitrogens with zero attached hydrogens (tertiary/aromatic N) is 1. The number of rotatable bonds is 5. The minimum Gasteiger partial charge on any atom is -0.462 e. The van der Waals surface area contributed by atoms with Gasteiger partial charge >= 0.3 is 0 Å². The minimum absolute atomic E-state index is 0.234. The van der Waals surface area contributed by atoms with E-state index < -0.39 is 0 Å². The molecule has 36 heavy (non-hydrogen) atoms. The first-order valence-electron chi connectivity index (χ1n) is 11.6. The average Bonchev–Trinajstić information content (AvgIpc) is 3.21. The Balaban J connectivity index is 0.000000454. The van der Waals surface area contributed by atoms with Gasteiger partial charge in [0.2, 0.25) is 0 Å². The molecule has 9 heteroatoms. The monoisotopic (exact) mass is 531 g/mol. The molecular formula is C27H31ClFN3O3S. The van der Waals surface area contributed by atoms with Crippen molar-refractivity contribution in [2.75, 3.05) is 36.4 Å². The molecule has 1 aliphatic rings. The Labute approximate surface area is 220 Å². The zero-order valence-electron chi connectivity index (χ0n) is 20.9. The average molecular weight is 532 g/mol. The number of hydrogen-bond acceptors (Lipinski definition) is 6. The second kappa shape index (κ2) is 12.3. The molecule has 4 rings (SSSR count). The summed E-state index contributed by atoms with van der Waals surface area (Å²) in [6, 6.07) is 14.4. The van der Waals surface area contributed by atoms with Gasteiger partial charge < -0.3 is 20.3 Å². The van der Waals surface area contributed by atoms with Crippen LogP contribution in [0, 0.1) is 12.7 Å². The van der Waals surface area contributed by atoms with E-state index in [0.717, 1.165) is 42.2 Å². The Bertz CT molecular complexity index is 1190. The minimum atomic E-state index is -0.325. The fourth-order valence-electron chi connectivity index (χ4n) is 3.54. The summed E-state index contributed by atoms with van der Waals surface area (Å²) in [6.07, 6.45) is 0. The molecule has 0 aliphatic carbocycles. The number of ether oxygens (including phenoxy) is 1. The number of aryl methyl sites for hydroxylation is 1. The smallest absolute Gasteiger partial charge is 0.293 e. The lowest BCUT2D eigenvalue weighted by Crippen LogP contribution is -2.43. The van der Waals surface area contributed by atoms with Crippen LogP contribution in [0.25, 0.3) is 10.4 Å². The number of hydrogen-bond donors (Lipinski definition) is 2. The largest absolute Gasteiger partial charge is 0.462 e. The molecule has 0 saturated carbocycles. The van der Waals surface area contributed by atoms with Gasteiger partial charge in [-0.15, -0.1) is 11.3 Å².